The molecule has 0 aliphatic heterocycles. The van der Waals surface area contributed by atoms with Gasteiger partial charge in [0.1, 0.15) is 24.2 Å². The van der Waals surface area contributed by atoms with Gasteiger partial charge >= 0.3 is 5.97 Å². The summed E-state index contributed by atoms with van der Waals surface area (Å²) in [5.74, 6) is -3.97. The van der Waals surface area contributed by atoms with Gasteiger partial charge in [-0.05, 0) is 18.8 Å². The van der Waals surface area contributed by atoms with Gasteiger partial charge in [-0.3, -0.25) is 19.4 Å². The number of aliphatic hydroxyl groups excluding tert-OH is 1. The molecule has 3 amide bonds. The van der Waals surface area contributed by atoms with Crippen LogP contribution in [0, 0.1) is 5.92 Å². The zero-order chi connectivity index (χ0) is 24.8. The van der Waals surface area contributed by atoms with Crippen LogP contribution in [0.1, 0.15) is 33.1 Å². The van der Waals surface area contributed by atoms with Crippen molar-refractivity contribution in [3.63, 3.8) is 0 Å². The quantitative estimate of drug-likeness (QED) is 0.0501. The van der Waals surface area contributed by atoms with Crippen LogP contribution in [0.15, 0.2) is 4.99 Å². The molecule has 5 atom stereocenters. The van der Waals surface area contributed by atoms with E-state index in [1.807, 2.05) is 0 Å². The fourth-order valence-electron chi connectivity index (χ4n) is 2.54. The smallest absolute Gasteiger partial charge is 0.327 e. The summed E-state index contributed by atoms with van der Waals surface area (Å²) in [6.45, 7) is 3.10. The van der Waals surface area contributed by atoms with E-state index in [4.69, 9.17) is 27.4 Å². The highest BCUT2D eigenvalue weighted by molar-refractivity contribution is 7.80. The van der Waals surface area contributed by atoms with E-state index in [9.17, 15) is 19.2 Å². The van der Waals surface area contributed by atoms with Crippen molar-refractivity contribution in [1.29, 1.82) is 0 Å². The molecule has 0 saturated carbocycles. The van der Waals surface area contributed by atoms with Gasteiger partial charge in [-0.2, -0.15) is 12.6 Å². The van der Waals surface area contributed by atoms with Crippen molar-refractivity contribution < 1.29 is 29.4 Å². The van der Waals surface area contributed by atoms with E-state index < -0.39 is 54.5 Å². The van der Waals surface area contributed by atoms with E-state index in [1.165, 1.54) is 0 Å². The zero-order valence-electron chi connectivity index (χ0n) is 18.3. The van der Waals surface area contributed by atoms with E-state index in [-0.39, 0.29) is 30.6 Å². The molecule has 184 valence electrons. The molecule has 11 N–H and O–H groups in total. The minimum atomic E-state index is -1.26. The maximum absolute atomic E-state index is 12.9. The van der Waals surface area contributed by atoms with Gasteiger partial charge in [-0.15, -0.1) is 0 Å². The molecule has 0 fully saturated rings. The van der Waals surface area contributed by atoms with Crippen LogP contribution in [0.25, 0.3) is 0 Å². The number of hydrogen-bond donors (Lipinski definition) is 9. The lowest BCUT2D eigenvalue weighted by Gasteiger charge is -2.27. The monoisotopic (exact) mass is 477 g/mol. The summed E-state index contributed by atoms with van der Waals surface area (Å²) in [6.07, 6.45) is 0.954. The average molecular weight is 478 g/mol. The van der Waals surface area contributed by atoms with E-state index in [2.05, 4.69) is 33.6 Å². The summed E-state index contributed by atoms with van der Waals surface area (Å²) in [6, 6.07) is -4.61. The minimum absolute atomic E-state index is 0.121. The molecule has 0 aromatic rings. The van der Waals surface area contributed by atoms with Crippen LogP contribution in [-0.2, 0) is 19.2 Å². The summed E-state index contributed by atoms with van der Waals surface area (Å²) in [5, 5.41) is 25.6. The molecule has 14 heteroatoms. The molecular formula is C18H35N7O6S. The molecule has 0 heterocycles. The Kier molecular flexibility index (Phi) is 14.0. The molecule has 0 radical (unpaired) electrons. The van der Waals surface area contributed by atoms with E-state index in [0.717, 1.165) is 0 Å². The van der Waals surface area contributed by atoms with Crippen LogP contribution >= 0.6 is 12.6 Å². The van der Waals surface area contributed by atoms with Crippen LogP contribution in [0.4, 0.5) is 0 Å². The van der Waals surface area contributed by atoms with Crippen molar-refractivity contribution in [1.82, 2.24) is 16.0 Å². The number of aliphatic hydroxyl groups is 1. The van der Waals surface area contributed by atoms with Crippen molar-refractivity contribution in [2.75, 3.05) is 18.9 Å². The van der Waals surface area contributed by atoms with Gasteiger partial charge in [-0.25, -0.2) is 4.79 Å². The fraction of sp³-hybridized carbons (Fsp3) is 0.722. The zero-order valence-corrected chi connectivity index (χ0v) is 19.2. The number of amides is 3. The lowest BCUT2D eigenvalue weighted by molar-refractivity contribution is -0.142. The lowest BCUT2D eigenvalue weighted by Crippen LogP contribution is -2.59. The van der Waals surface area contributed by atoms with Gasteiger partial charge in [0, 0.05) is 12.3 Å². The third-order valence-electron chi connectivity index (χ3n) is 4.70. The van der Waals surface area contributed by atoms with Crippen LogP contribution in [-0.4, -0.2) is 82.9 Å². The Labute approximate surface area is 192 Å². The molecule has 32 heavy (non-hydrogen) atoms. The molecule has 5 unspecified atom stereocenters. The SMILES string of the molecule is CCC(C)C(NC(=O)C(CCCN=C(N)N)NC(=O)C(N)CO)C(=O)NC(CS)C(=O)O. The first-order valence-electron chi connectivity index (χ1n) is 10.1. The maximum atomic E-state index is 12.9. The van der Waals surface area contributed by atoms with Crippen LogP contribution < -0.4 is 33.2 Å². The highest BCUT2D eigenvalue weighted by atomic mass is 32.1. The number of carbonyl (C=O) groups is 4. The van der Waals surface area contributed by atoms with E-state index >= 15 is 0 Å². The summed E-state index contributed by atoms with van der Waals surface area (Å²) >= 11 is 3.91. The number of aliphatic carboxylic acids is 1. The van der Waals surface area contributed by atoms with Crippen LogP contribution in [0.5, 0.6) is 0 Å². The summed E-state index contributed by atoms with van der Waals surface area (Å²) in [5.41, 5.74) is 16.0. The predicted molar refractivity (Wildman–Crippen MR) is 122 cm³/mol. The Morgan fingerprint density at radius 1 is 1.03 bits per heavy atom. The third-order valence-corrected chi connectivity index (χ3v) is 5.07. The molecule has 0 aliphatic rings. The molecule has 0 saturated heterocycles. The molecule has 0 aromatic heterocycles. The number of hydrogen-bond acceptors (Lipinski definition) is 8. The van der Waals surface area contributed by atoms with Gasteiger partial charge in [0.15, 0.2) is 5.96 Å². The maximum Gasteiger partial charge on any atom is 0.327 e. The van der Waals surface area contributed by atoms with Gasteiger partial charge in [0.05, 0.1) is 6.61 Å². The number of nitrogens with zero attached hydrogens (tertiary/aromatic N) is 1. The molecular weight excluding hydrogens is 442 g/mol. The highest BCUT2D eigenvalue weighted by Crippen LogP contribution is 2.10. The van der Waals surface area contributed by atoms with Gasteiger partial charge in [0.25, 0.3) is 0 Å². The van der Waals surface area contributed by atoms with Gasteiger partial charge < -0.3 is 43.4 Å². The summed E-state index contributed by atoms with van der Waals surface area (Å²) < 4.78 is 0. The lowest BCUT2D eigenvalue weighted by atomic mass is 9.97. The van der Waals surface area contributed by atoms with Crippen molar-refractivity contribution >= 4 is 42.3 Å². The number of thiol groups is 1. The van der Waals surface area contributed by atoms with Gasteiger partial charge in [-0.1, -0.05) is 20.3 Å². The third kappa shape index (κ3) is 10.6. The largest absolute Gasteiger partial charge is 0.480 e. The first kappa shape index (κ1) is 29.4. The Bertz CT molecular complexity index is 674. The fourth-order valence-corrected chi connectivity index (χ4v) is 2.78. The number of nitrogens with one attached hydrogen (secondary N) is 3. The van der Waals surface area contributed by atoms with Crippen molar-refractivity contribution in [2.45, 2.75) is 57.3 Å². The van der Waals surface area contributed by atoms with Crippen LogP contribution in [0.3, 0.4) is 0 Å². The number of carboxylic acid groups (broad SMARTS) is 1. The second-order valence-electron chi connectivity index (χ2n) is 7.25. The summed E-state index contributed by atoms with van der Waals surface area (Å²) in [7, 11) is 0. The van der Waals surface area contributed by atoms with Crippen LogP contribution in [0.2, 0.25) is 0 Å². The molecule has 0 spiro atoms. The molecule has 0 bridgehead atoms. The number of guanidine groups is 1. The second kappa shape index (κ2) is 15.3. The Morgan fingerprint density at radius 2 is 1.62 bits per heavy atom. The Morgan fingerprint density at radius 3 is 2.09 bits per heavy atom. The Balaban J connectivity index is 5.49. The van der Waals surface area contributed by atoms with Crippen molar-refractivity contribution in [3.05, 3.63) is 0 Å². The number of aliphatic imine (C=N–C) groups is 1. The van der Waals surface area contributed by atoms with E-state index in [1.54, 1.807) is 13.8 Å². The topological polar surface area (TPSA) is 235 Å². The Hall–Kier alpha value is -2.58. The number of carboxylic acids is 1. The first-order valence-corrected chi connectivity index (χ1v) is 10.8. The summed E-state index contributed by atoms with van der Waals surface area (Å²) in [4.78, 5) is 52.7. The number of rotatable bonds is 15. The molecule has 0 rings (SSSR count). The number of carbonyl (C=O) groups excluding carboxylic acids is 3. The molecule has 0 aliphatic carbocycles. The van der Waals surface area contributed by atoms with Crippen molar-refractivity contribution in [3.8, 4) is 0 Å². The average Bonchev–Trinajstić information content (AvgIpc) is 2.75. The minimum Gasteiger partial charge on any atom is -0.480 e. The number of nitrogens with two attached hydrogens (primary N) is 3. The highest BCUT2D eigenvalue weighted by Gasteiger charge is 2.32. The normalized spacial score (nSPS) is 15.4. The van der Waals surface area contributed by atoms with Crippen molar-refractivity contribution in [2.24, 2.45) is 28.1 Å². The first-order chi connectivity index (χ1) is 15.0. The molecule has 13 nitrogen and oxygen atoms in total. The second-order valence-corrected chi connectivity index (χ2v) is 7.62. The standard InChI is InChI=1S/C18H35N7O6S/c1-3-9(2)13(16(29)24-12(8-32)17(30)31)25-15(28)11(5-4-6-22-18(20)21)23-14(27)10(19)7-26/h9-13,26,32H,3-8,19H2,1-2H3,(H,23,27)(H,24,29)(H,25,28)(H,30,31)(H4,20,21,22). The van der Waals surface area contributed by atoms with E-state index in [0.29, 0.717) is 12.8 Å². The van der Waals surface area contributed by atoms with Gasteiger partial charge in [0.2, 0.25) is 17.7 Å². The predicted octanol–water partition coefficient (Wildman–Crippen LogP) is -3.13. The molecule has 0 aromatic carbocycles.